The van der Waals surface area contributed by atoms with Crippen LogP contribution in [-0.4, -0.2) is 70.3 Å². The van der Waals surface area contributed by atoms with Gasteiger partial charge < -0.3 is 30.1 Å². The molecule has 40 heavy (non-hydrogen) atoms. The summed E-state index contributed by atoms with van der Waals surface area (Å²) in [7, 11) is 0. The third kappa shape index (κ3) is 5.34. The lowest BCUT2D eigenvalue weighted by atomic mass is 9.62. The Morgan fingerprint density at radius 1 is 1.15 bits per heavy atom. The normalized spacial score (nSPS) is 31.3. The number of hydrogen-bond donors (Lipinski definition) is 3. The zero-order chi connectivity index (χ0) is 29.7. The molecule has 3 amide bonds. The molecule has 1 spiro atoms. The van der Waals surface area contributed by atoms with Crippen LogP contribution in [-0.2, 0) is 19.1 Å². The van der Waals surface area contributed by atoms with Crippen molar-refractivity contribution in [2.75, 3.05) is 25.1 Å². The smallest absolute Gasteiger partial charge is 0.246 e. The molecule has 9 nitrogen and oxygen atoms in total. The maximum Gasteiger partial charge on any atom is 0.246 e. The lowest BCUT2D eigenvalue weighted by molar-refractivity contribution is -0.147. The van der Waals surface area contributed by atoms with Crippen molar-refractivity contribution in [3.63, 3.8) is 0 Å². The van der Waals surface area contributed by atoms with Crippen LogP contribution in [0.5, 0.6) is 5.75 Å². The van der Waals surface area contributed by atoms with Gasteiger partial charge in [-0.05, 0) is 82.6 Å². The molecule has 4 rings (SSSR count). The summed E-state index contributed by atoms with van der Waals surface area (Å²) in [5.74, 6) is -1.74. The number of fused-ring (bicyclic) bond motifs is 1. The Balaban J connectivity index is 1.67. The van der Waals surface area contributed by atoms with E-state index in [9.17, 15) is 19.5 Å². The largest absolute Gasteiger partial charge is 0.494 e. The van der Waals surface area contributed by atoms with Crippen LogP contribution in [0.2, 0.25) is 0 Å². The average molecular weight is 558 g/mol. The van der Waals surface area contributed by atoms with Crippen LogP contribution < -0.4 is 15.4 Å². The lowest BCUT2D eigenvalue weighted by Crippen LogP contribution is -2.59. The van der Waals surface area contributed by atoms with Crippen molar-refractivity contribution in [3.05, 3.63) is 24.3 Å². The highest BCUT2D eigenvalue weighted by Crippen LogP contribution is 2.65. The van der Waals surface area contributed by atoms with Crippen molar-refractivity contribution in [2.45, 2.75) is 97.4 Å². The summed E-state index contributed by atoms with van der Waals surface area (Å²) in [4.78, 5) is 43.7. The van der Waals surface area contributed by atoms with Gasteiger partial charge in [-0.15, -0.1) is 0 Å². The number of anilines is 1. The number of carbonyl (C=O) groups is 3. The molecule has 6 atom stereocenters. The Kier molecular flexibility index (Phi) is 8.06. The van der Waals surface area contributed by atoms with Gasteiger partial charge in [-0.2, -0.15) is 0 Å². The van der Waals surface area contributed by atoms with Crippen LogP contribution in [0.3, 0.4) is 0 Å². The molecule has 0 aliphatic carbocycles. The van der Waals surface area contributed by atoms with Crippen molar-refractivity contribution in [3.8, 4) is 5.75 Å². The van der Waals surface area contributed by atoms with Crippen LogP contribution in [0.4, 0.5) is 5.69 Å². The van der Waals surface area contributed by atoms with Gasteiger partial charge >= 0.3 is 0 Å². The molecule has 1 aromatic carbocycles. The second-order valence-corrected chi connectivity index (χ2v) is 13.9. The van der Waals surface area contributed by atoms with Crippen LogP contribution in [0.25, 0.3) is 0 Å². The molecule has 3 heterocycles. The molecule has 3 aliphatic heterocycles. The number of carbonyl (C=O) groups excluding carboxylic acids is 3. The number of aliphatic hydroxyl groups excluding tert-OH is 1. The molecule has 1 aromatic rings. The van der Waals surface area contributed by atoms with Crippen molar-refractivity contribution >= 4 is 23.4 Å². The fraction of sp³-hybridized carbons (Fsp3) is 0.710. The fourth-order valence-corrected chi connectivity index (χ4v) is 7.71. The SMILES string of the molecule is CCOc1ccc(NC(=O)[C@@H]2[C@H]3C(=O)N(CCCO)C(C(=O)NC(C)(C)CC(C)(C)C)C34CC(C)[C@@]2(C)O4)cc1. The molecule has 3 saturated heterocycles. The molecule has 0 saturated carbocycles. The van der Waals surface area contributed by atoms with Gasteiger partial charge in [0.15, 0.2) is 0 Å². The van der Waals surface area contributed by atoms with E-state index in [1.165, 1.54) is 0 Å². The Hall–Kier alpha value is -2.65. The number of nitrogens with one attached hydrogen (secondary N) is 2. The summed E-state index contributed by atoms with van der Waals surface area (Å²) in [5.41, 5.74) is -1.97. The molecular formula is C31H47N3O6. The van der Waals surface area contributed by atoms with Gasteiger partial charge in [-0.1, -0.05) is 27.7 Å². The van der Waals surface area contributed by atoms with Gasteiger partial charge in [0.2, 0.25) is 17.7 Å². The minimum atomic E-state index is -1.12. The molecule has 0 aromatic heterocycles. The minimum absolute atomic E-state index is 0.0198. The summed E-state index contributed by atoms with van der Waals surface area (Å²) in [6, 6.07) is 6.24. The molecule has 9 heteroatoms. The monoisotopic (exact) mass is 557 g/mol. The number of rotatable bonds is 10. The molecule has 3 unspecified atom stereocenters. The first-order chi connectivity index (χ1) is 18.6. The van der Waals surface area contributed by atoms with E-state index in [1.807, 2.05) is 34.6 Å². The van der Waals surface area contributed by atoms with Gasteiger partial charge in [-0.25, -0.2) is 0 Å². The quantitative estimate of drug-likeness (QED) is 0.404. The number of likely N-dealkylation sites (tertiary alicyclic amines) is 1. The Labute approximate surface area is 238 Å². The predicted octanol–water partition coefficient (Wildman–Crippen LogP) is 3.75. The molecule has 3 N–H and O–H groups in total. The lowest BCUT2D eigenvalue weighted by Gasteiger charge is -2.38. The van der Waals surface area contributed by atoms with Gasteiger partial charge in [-0.3, -0.25) is 14.4 Å². The van der Waals surface area contributed by atoms with E-state index in [0.29, 0.717) is 30.9 Å². The summed E-state index contributed by atoms with van der Waals surface area (Å²) >= 11 is 0. The number of benzene rings is 1. The topological polar surface area (TPSA) is 117 Å². The zero-order valence-corrected chi connectivity index (χ0v) is 25.3. The Morgan fingerprint density at radius 3 is 2.38 bits per heavy atom. The first-order valence-electron chi connectivity index (χ1n) is 14.6. The average Bonchev–Trinajstić information content (AvgIpc) is 3.33. The van der Waals surface area contributed by atoms with Crippen molar-refractivity contribution in [1.29, 1.82) is 0 Å². The minimum Gasteiger partial charge on any atom is -0.494 e. The van der Waals surface area contributed by atoms with Crippen molar-refractivity contribution < 1.29 is 29.0 Å². The molecule has 222 valence electrons. The molecule has 2 bridgehead atoms. The Morgan fingerprint density at radius 2 is 1.80 bits per heavy atom. The van der Waals surface area contributed by atoms with E-state index < -0.39 is 34.6 Å². The van der Waals surface area contributed by atoms with Crippen LogP contribution in [0, 0.1) is 23.2 Å². The number of aliphatic hydroxyl groups is 1. The number of amides is 3. The highest BCUT2D eigenvalue weighted by molar-refractivity contribution is 6.02. The summed E-state index contributed by atoms with van der Waals surface area (Å²) < 4.78 is 12.3. The second-order valence-electron chi connectivity index (χ2n) is 13.9. The van der Waals surface area contributed by atoms with Crippen LogP contribution >= 0.6 is 0 Å². The van der Waals surface area contributed by atoms with E-state index in [1.54, 1.807) is 29.2 Å². The molecule has 3 fully saturated rings. The van der Waals surface area contributed by atoms with E-state index in [2.05, 4.69) is 31.4 Å². The standard InChI is InChI=1S/C31H47N3O6/c1-9-39-21-13-11-20(12-14-21)32-25(36)22-23-27(38)34(15-10-16-35)24(31(23)17-19(2)30(22,8)40-31)26(37)33-29(6,7)18-28(3,4)5/h11-14,19,22-24,35H,9-10,15-18H2,1-8H3,(H,32,36)(H,33,37)/t19?,22-,23-,24?,30+,31?/m0/s1. The number of ether oxygens (including phenoxy) is 2. The number of hydrogen-bond acceptors (Lipinski definition) is 6. The maximum absolute atomic E-state index is 14.1. The maximum atomic E-state index is 14.1. The van der Waals surface area contributed by atoms with E-state index in [4.69, 9.17) is 9.47 Å². The van der Waals surface area contributed by atoms with E-state index in [-0.39, 0.29) is 42.2 Å². The second kappa shape index (κ2) is 10.6. The first-order valence-corrected chi connectivity index (χ1v) is 14.6. The third-order valence-corrected chi connectivity index (χ3v) is 8.77. The highest BCUT2D eigenvalue weighted by Gasteiger charge is 2.79. The summed E-state index contributed by atoms with van der Waals surface area (Å²) in [6.45, 7) is 16.8. The van der Waals surface area contributed by atoms with Gasteiger partial charge in [0.25, 0.3) is 0 Å². The van der Waals surface area contributed by atoms with E-state index in [0.717, 1.165) is 6.42 Å². The third-order valence-electron chi connectivity index (χ3n) is 8.77. The highest BCUT2D eigenvalue weighted by atomic mass is 16.5. The van der Waals surface area contributed by atoms with Gasteiger partial charge in [0.05, 0.1) is 24.0 Å². The van der Waals surface area contributed by atoms with Crippen molar-refractivity contribution in [2.24, 2.45) is 23.2 Å². The molecule has 3 aliphatic rings. The van der Waals surface area contributed by atoms with Gasteiger partial charge in [0.1, 0.15) is 17.4 Å². The zero-order valence-electron chi connectivity index (χ0n) is 25.3. The van der Waals surface area contributed by atoms with Gasteiger partial charge in [0, 0.05) is 24.4 Å². The summed E-state index contributed by atoms with van der Waals surface area (Å²) in [5, 5.41) is 15.8. The van der Waals surface area contributed by atoms with Crippen LogP contribution in [0.1, 0.15) is 74.7 Å². The summed E-state index contributed by atoms with van der Waals surface area (Å²) in [6.07, 6.45) is 1.57. The number of nitrogens with zero attached hydrogens (tertiary/aromatic N) is 1. The fourth-order valence-electron chi connectivity index (χ4n) is 7.71. The van der Waals surface area contributed by atoms with Crippen LogP contribution in [0.15, 0.2) is 24.3 Å². The Bertz CT molecular complexity index is 1130. The predicted molar refractivity (Wildman–Crippen MR) is 153 cm³/mol. The van der Waals surface area contributed by atoms with E-state index >= 15 is 0 Å². The molecular weight excluding hydrogens is 510 g/mol. The molecule has 0 radical (unpaired) electrons. The first kappa shape index (κ1) is 30.3. The van der Waals surface area contributed by atoms with Crippen molar-refractivity contribution in [1.82, 2.24) is 10.2 Å².